The molecule has 0 saturated heterocycles. The van der Waals surface area contributed by atoms with Crippen LogP contribution < -0.4 is 15.4 Å². The molecule has 0 bridgehead atoms. The van der Waals surface area contributed by atoms with Crippen molar-refractivity contribution in [1.82, 2.24) is 15.5 Å². The van der Waals surface area contributed by atoms with Crippen LogP contribution in [0.4, 0.5) is 5.82 Å². The summed E-state index contributed by atoms with van der Waals surface area (Å²) >= 11 is 0. The summed E-state index contributed by atoms with van der Waals surface area (Å²) in [6.45, 7) is 0.967. The van der Waals surface area contributed by atoms with Gasteiger partial charge in [-0.05, 0) is 60.4 Å². The molecule has 1 amide bonds. The number of ether oxygens (including phenoxy) is 1. The third kappa shape index (κ3) is 5.02. The standard InChI is InChI=1S/C26H30N4O2/c1-32-23-9-5-17(6-10-23)12-26(31)28-25-15-24(29-30-25)21-13-20(14-21)19-4-2-3-18(11-19)16-27-22-7-8-22/h2-6,9-11,15,20-22,27H,7-8,12-14,16H2,1H3,(H2,28,29,30,31). The summed E-state index contributed by atoms with van der Waals surface area (Å²) in [5.74, 6) is 2.36. The van der Waals surface area contributed by atoms with Gasteiger partial charge in [-0.25, -0.2) is 0 Å². The molecule has 1 heterocycles. The molecule has 3 aromatic rings. The fourth-order valence-corrected chi connectivity index (χ4v) is 4.38. The van der Waals surface area contributed by atoms with Gasteiger partial charge in [0.2, 0.25) is 5.91 Å². The SMILES string of the molecule is COc1ccc(CC(=O)Nc2cc(C3CC(c4cccc(CNC5CC5)c4)C3)[nH]n2)cc1. The summed E-state index contributed by atoms with van der Waals surface area (Å²) in [5, 5.41) is 13.9. The van der Waals surface area contributed by atoms with Crippen molar-refractivity contribution in [2.75, 3.05) is 12.4 Å². The molecule has 5 rings (SSSR count). The van der Waals surface area contributed by atoms with Crippen molar-refractivity contribution in [3.63, 3.8) is 0 Å². The molecular formula is C26H30N4O2. The number of carbonyl (C=O) groups is 1. The number of nitrogens with one attached hydrogen (secondary N) is 3. The van der Waals surface area contributed by atoms with Crippen molar-refractivity contribution in [2.45, 2.75) is 56.5 Å². The van der Waals surface area contributed by atoms with Gasteiger partial charge in [0.25, 0.3) is 0 Å². The Balaban J connectivity index is 1.11. The number of aromatic amines is 1. The zero-order valence-electron chi connectivity index (χ0n) is 18.4. The molecule has 2 aliphatic carbocycles. The van der Waals surface area contributed by atoms with Crippen molar-refractivity contribution in [3.05, 3.63) is 77.0 Å². The van der Waals surface area contributed by atoms with E-state index in [0.29, 0.717) is 24.1 Å². The largest absolute Gasteiger partial charge is 0.497 e. The quantitative estimate of drug-likeness (QED) is 0.467. The van der Waals surface area contributed by atoms with Gasteiger partial charge in [-0.2, -0.15) is 5.10 Å². The molecule has 2 saturated carbocycles. The van der Waals surface area contributed by atoms with E-state index in [1.54, 1.807) is 7.11 Å². The first kappa shape index (κ1) is 20.8. The van der Waals surface area contributed by atoms with Gasteiger partial charge < -0.3 is 15.4 Å². The Labute approximate surface area is 188 Å². The Morgan fingerprint density at radius 2 is 1.88 bits per heavy atom. The lowest BCUT2D eigenvalue weighted by molar-refractivity contribution is -0.115. The third-order valence-electron chi connectivity index (χ3n) is 6.56. The molecule has 32 heavy (non-hydrogen) atoms. The van der Waals surface area contributed by atoms with Gasteiger partial charge >= 0.3 is 0 Å². The average molecular weight is 431 g/mol. The second-order valence-corrected chi connectivity index (χ2v) is 9.05. The van der Waals surface area contributed by atoms with E-state index in [1.165, 1.54) is 24.0 Å². The van der Waals surface area contributed by atoms with E-state index in [4.69, 9.17) is 4.74 Å². The van der Waals surface area contributed by atoms with Crippen LogP contribution in [0.25, 0.3) is 0 Å². The molecule has 0 aliphatic heterocycles. The van der Waals surface area contributed by atoms with Crippen LogP contribution in [0.5, 0.6) is 5.75 Å². The van der Waals surface area contributed by atoms with E-state index in [1.807, 2.05) is 30.3 Å². The maximum atomic E-state index is 12.4. The molecule has 2 aliphatic rings. The molecule has 2 fully saturated rings. The van der Waals surface area contributed by atoms with Gasteiger partial charge in [0.15, 0.2) is 5.82 Å². The number of amides is 1. The minimum absolute atomic E-state index is 0.0728. The fraction of sp³-hybridized carbons (Fsp3) is 0.385. The van der Waals surface area contributed by atoms with Crippen LogP contribution in [0.15, 0.2) is 54.6 Å². The lowest BCUT2D eigenvalue weighted by atomic mass is 9.70. The highest BCUT2D eigenvalue weighted by atomic mass is 16.5. The minimum atomic E-state index is -0.0728. The molecular weight excluding hydrogens is 400 g/mol. The van der Waals surface area contributed by atoms with E-state index in [0.717, 1.165) is 42.4 Å². The van der Waals surface area contributed by atoms with Gasteiger partial charge in [0.1, 0.15) is 5.75 Å². The number of methoxy groups -OCH3 is 1. The first-order valence-corrected chi connectivity index (χ1v) is 11.5. The lowest BCUT2D eigenvalue weighted by Crippen LogP contribution is -2.21. The molecule has 0 radical (unpaired) electrons. The van der Waals surface area contributed by atoms with Gasteiger partial charge in [-0.15, -0.1) is 0 Å². The van der Waals surface area contributed by atoms with Crippen LogP contribution in [-0.2, 0) is 17.8 Å². The maximum absolute atomic E-state index is 12.4. The molecule has 2 aromatic carbocycles. The number of nitrogens with zero attached hydrogens (tertiary/aromatic N) is 1. The monoisotopic (exact) mass is 430 g/mol. The molecule has 3 N–H and O–H groups in total. The number of benzene rings is 2. The summed E-state index contributed by atoms with van der Waals surface area (Å²) in [6.07, 6.45) is 5.17. The Morgan fingerprint density at radius 3 is 2.62 bits per heavy atom. The zero-order chi connectivity index (χ0) is 21.9. The fourth-order valence-electron chi connectivity index (χ4n) is 4.38. The van der Waals surface area contributed by atoms with E-state index >= 15 is 0 Å². The number of carbonyl (C=O) groups excluding carboxylic acids is 1. The first-order valence-electron chi connectivity index (χ1n) is 11.5. The highest BCUT2D eigenvalue weighted by Gasteiger charge is 2.33. The maximum Gasteiger partial charge on any atom is 0.229 e. The topological polar surface area (TPSA) is 79.0 Å². The van der Waals surface area contributed by atoms with Crippen LogP contribution in [0.2, 0.25) is 0 Å². The second kappa shape index (κ2) is 9.17. The lowest BCUT2D eigenvalue weighted by Gasteiger charge is -2.35. The summed E-state index contributed by atoms with van der Waals surface area (Å²) in [6, 6.07) is 19.2. The van der Waals surface area contributed by atoms with Gasteiger partial charge in [-0.1, -0.05) is 36.4 Å². The van der Waals surface area contributed by atoms with Crippen LogP contribution in [0.3, 0.4) is 0 Å². The summed E-state index contributed by atoms with van der Waals surface area (Å²) in [5.41, 5.74) is 4.85. The third-order valence-corrected chi connectivity index (χ3v) is 6.56. The molecule has 0 spiro atoms. The van der Waals surface area contributed by atoms with E-state index in [2.05, 4.69) is 45.1 Å². The predicted octanol–water partition coefficient (Wildman–Crippen LogP) is 4.51. The van der Waals surface area contributed by atoms with Crippen molar-refractivity contribution in [3.8, 4) is 5.75 Å². The number of anilines is 1. The van der Waals surface area contributed by atoms with Crippen molar-refractivity contribution in [1.29, 1.82) is 0 Å². The van der Waals surface area contributed by atoms with Crippen molar-refractivity contribution >= 4 is 11.7 Å². The van der Waals surface area contributed by atoms with Crippen LogP contribution in [0.1, 0.15) is 59.9 Å². The van der Waals surface area contributed by atoms with Gasteiger partial charge in [0, 0.05) is 30.3 Å². The van der Waals surface area contributed by atoms with Crippen LogP contribution in [0, 0.1) is 0 Å². The summed E-state index contributed by atoms with van der Waals surface area (Å²) in [7, 11) is 1.63. The second-order valence-electron chi connectivity index (χ2n) is 9.05. The number of aromatic nitrogens is 2. The average Bonchev–Trinajstić information content (AvgIpc) is 3.50. The molecule has 1 aromatic heterocycles. The summed E-state index contributed by atoms with van der Waals surface area (Å²) in [4.78, 5) is 12.4. The van der Waals surface area contributed by atoms with Crippen molar-refractivity contribution < 1.29 is 9.53 Å². The van der Waals surface area contributed by atoms with Gasteiger partial charge in [0.05, 0.1) is 13.5 Å². The van der Waals surface area contributed by atoms with Crippen LogP contribution in [-0.4, -0.2) is 29.3 Å². The smallest absolute Gasteiger partial charge is 0.229 e. The molecule has 6 heteroatoms. The number of rotatable bonds is 9. The Kier molecular flexibility index (Phi) is 5.95. The summed E-state index contributed by atoms with van der Waals surface area (Å²) < 4.78 is 5.16. The highest BCUT2D eigenvalue weighted by molar-refractivity contribution is 5.91. The molecule has 0 unspecified atom stereocenters. The minimum Gasteiger partial charge on any atom is -0.497 e. The van der Waals surface area contributed by atoms with Gasteiger partial charge in [-0.3, -0.25) is 9.89 Å². The zero-order valence-corrected chi connectivity index (χ0v) is 18.4. The first-order chi connectivity index (χ1) is 15.7. The molecule has 166 valence electrons. The van der Waals surface area contributed by atoms with E-state index < -0.39 is 0 Å². The number of hydrogen-bond donors (Lipinski definition) is 3. The Bertz CT molecular complexity index is 1070. The highest BCUT2D eigenvalue weighted by Crippen LogP contribution is 2.47. The molecule has 0 atom stereocenters. The van der Waals surface area contributed by atoms with E-state index in [9.17, 15) is 4.79 Å². The number of H-pyrrole nitrogens is 1. The Hall–Kier alpha value is -3.12. The van der Waals surface area contributed by atoms with Crippen LogP contribution >= 0.6 is 0 Å². The number of hydrogen-bond acceptors (Lipinski definition) is 4. The van der Waals surface area contributed by atoms with Crippen molar-refractivity contribution in [2.24, 2.45) is 0 Å². The predicted molar refractivity (Wildman–Crippen MR) is 125 cm³/mol. The Morgan fingerprint density at radius 1 is 1.06 bits per heavy atom. The normalized spacial score (nSPS) is 19.9. The molecule has 6 nitrogen and oxygen atoms in total. The van der Waals surface area contributed by atoms with E-state index in [-0.39, 0.29) is 5.91 Å².